The lowest BCUT2D eigenvalue weighted by Gasteiger charge is -2.37. The molecule has 3 heterocycles. The molecule has 1 N–H and O–H groups in total. The number of nitrogens with zero attached hydrogens (tertiary/aromatic N) is 6. The van der Waals surface area contributed by atoms with Gasteiger partial charge in [-0.2, -0.15) is 15.2 Å². The second kappa shape index (κ2) is 10.9. The number of nitrogens with one attached hydrogen (secondary N) is 1. The molecule has 0 saturated carbocycles. The molecule has 2 aliphatic rings. The number of anilines is 3. The zero-order chi connectivity index (χ0) is 27.6. The number of ether oxygens (including phenoxy) is 1. The van der Waals surface area contributed by atoms with Gasteiger partial charge < -0.3 is 14.5 Å². The van der Waals surface area contributed by atoms with Gasteiger partial charge >= 0.3 is 12.0 Å². The SMILES string of the molecule is CC1=NN(c2nc(-c3ccccc3)cs2)C(=O)/C1=N/Nc1ccccc1N1CCN(C(=O)OC(C)(C)C)CC1. The van der Waals surface area contributed by atoms with E-state index in [1.54, 1.807) is 11.8 Å². The van der Waals surface area contributed by atoms with Gasteiger partial charge in [-0.15, -0.1) is 11.3 Å². The molecule has 0 bridgehead atoms. The Morgan fingerprint density at radius 1 is 1.03 bits per heavy atom. The minimum absolute atomic E-state index is 0.232. The fourth-order valence-electron chi connectivity index (χ4n) is 4.28. The van der Waals surface area contributed by atoms with Crippen molar-refractivity contribution in [2.24, 2.45) is 10.2 Å². The first kappa shape index (κ1) is 26.4. The minimum Gasteiger partial charge on any atom is -0.444 e. The van der Waals surface area contributed by atoms with E-state index < -0.39 is 5.60 Å². The van der Waals surface area contributed by atoms with E-state index in [1.807, 2.05) is 80.7 Å². The number of rotatable bonds is 5. The van der Waals surface area contributed by atoms with Crippen LogP contribution in [-0.2, 0) is 9.53 Å². The van der Waals surface area contributed by atoms with Gasteiger partial charge in [-0.3, -0.25) is 10.2 Å². The molecule has 10 nitrogen and oxygen atoms in total. The monoisotopic (exact) mass is 545 g/mol. The first-order valence-corrected chi connectivity index (χ1v) is 13.6. The summed E-state index contributed by atoms with van der Waals surface area (Å²) in [5.41, 5.74) is 6.76. The van der Waals surface area contributed by atoms with Crippen molar-refractivity contribution in [1.82, 2.24) is 9.88 Å². The minimum atomic E-state index is -0.525. The summed E-state index contributed by atoms with van der Waals surface area (Å²) >= 11 is 1.36. The molecule has 39 heavy (non-hydrogen) atoms. The second-order valence-electron chi connectivity index (χ2n) is 10.2. The molecule has 11 heteroatoms. The molecule has 2 aromatic carbocycles. The molecule has 0 spiro atoms. The van der Waals surface area contributed by atoms with Gasteiger partial charge in [0.25, 0.3) is 0 Å². The van der Waals surface area contributed by atoms with Crippen LogP contribution in [0.1, 0.15) is 27.7 Å². The van der Waals surface area contributed by atoms with Gasteiger partial charge in [-0.25, -0.2) is 9.78 Å². The number of benzene rings is 2. The molecular weight excluding hydrogens is 514 g/mol. The summed E-state index contributed by atoms with van der Waals surface area (Å²) in [5, 5.41) is 12.6. The maximum Gasteiger partial charge on any atom is 0.410 e. The van der Waals surface area contributed by atoms with Crippen LogP contribution in [0.5, 0.6) is 0 Å². The van der Waals surface area contributed by atoms with Crippen LogP contribution in [0.2, 0.25) is 0 Å². The van der Waals surface area contributed by atoms with Crippen molar-refractivity contribution < 1.29 is 14.3 Å². The lowest BCUT2D eigenvalue weighted by molar-refractivity contribution is -0.112. The summed E-state index contributed by atoms with van der Waals surface area (Å²) in [4.78, 5) is 34.2. The number of hydrogen-bond acceptors (Lipinski definition) is 9. The molecule has 0 unspecified atom stereocenters. The molecule has 5 rings (SSSR count). The van der Waals surface area contributed by atoms with Crippen molar-refractivity contribution in [1.29, 1.82) is 0 Å². The zero-order valence-corrected chi connectivity index (χ0v) is 23.2. The highest BCUT2D eigenvalue weighted by Gasteiger charge is 2.33. The Kier molecular flexibility index (Phi) is 7.34. The Morgan fingerprint density at radius 2 is 1.72 bits per heavy atom. The molecule has 0 aliphatic carbocycles. The Bertz CT molecular complexity index is 1420. The fourth-order valence-corrected chi connectivity index (χ4v) is 5.06. The maximum atomic E-state index is 13.2. The third-order valence-electron chi connectivity index (χ3n) is 6.19. The number of amides is 2. The van der Waals surface area contributed by atoms with Crippen LogP contribution >= 0.6 is 11.3 Å². The van der Waals surface area contributed by atoms with Crippen molar-refractivity contribution >= 4 is 51.3 Å². The number of carbonyl (C=O) groups is 2. The zero-order valence-electron chi connectivity index (χ0n) is 22.4. The van der Waals surface area contributed by atoms with E-state index in [0.29, 0.717) is 37.0 Å². The molecule has 1 fully saturated rings. The van der Waals surface area contributed by atoms with Crippen molar-refractivity contribution in [3.8, 4) is 11.3 Å². The summed E-state index contributed by atoms with van der Waals surface area (Å²) in [7, 11) is 0. The number of hydrogen-bond donors (Lipinski definition) is 1. The largest absolute Gasteiger partial charge is 0.444 e. The molecule has 2 aliphatic heterocycles. The number of carbonyl (C=O) groups excluding carboxylic acids is 2. The standard InChI is InChI=1S/C28H31N7O3S/c1-19-24(25(36)35(32-19)26-29-22(18-39-26)20-10-6-5-7-11-20)31-30-21-12-8-9-13-23(21)33-14-16-34(17-15-33)27(37)38-28(2,3)4/h5-13,18,30H,14-17H2,1-4H3/b31-24+. The topological polar surface area (TPSA) is 103 Å². The molecule has 1 aromatic heterocycles. The highest BCUT2D eigenvalue weighted by Crippen LogP contribution is 2.30. The van der Waals surface area contributed by atoms with Gasteiger partial charge in [0, 0.05) is 37.1 Å². The highest BCUT2D eigenvalue weighted by atomic mass is 32.1. The summed E-state index contributed by atoms with van der Waals surface area (Å²) < 4.78 is 5.51. The smallest absolute Gasteiger partial charge is 0.410 e. The Labute approximate surface area is 231 Å². The van der Waals surface area contributed by atoms with Gasteiger partial charge in [0.1, 0.15) is 5.60 Å². The van der Waals surface area contributed by atoms with Gasteiger partial charge in [0.05, 0.1) is 22.8 Å². The van der Waals surface area contributed by atoms with Crippen LogP contribution in [0.15, 0.2) is 70.2 Å². The van der Waals surface area contributed by atoms with Crippen molar-refractivity contribution in [2.45, 2.75) is 33.3 Å². The van der Waals surface area contributed by atoms with Gasteiger partial charge in [0.15, 0.2) is 5.71 Å². The number of para-hydroxylation sites is 2. The van der Waals surface area contributed by atoms with E-state index in [1.165, 1.54) is 16.3 Å². The Balaban J connectivity index is 1.26. The Morgan fingerprint density at radius 3 is 2.44 bits per heavy atom. The molecule has 2 amide bonds. The van der Waals surface area contributed by atoms with Gasteiger partial charge in [0.2, 0.25) is 5.13 Å². The molecule has 202 valence electrons. The van der Waals surface area contributed by atoms with E-state index in [4.69, 9.17) is 4.74 Å². The first-order chi connectivity index (χ1) is 18.7. The quantitative estimate of drug-likeness (QED) is 0.450. The molecular formula is C28H31N7O3S. The second-order valence-corrected chi connectivity index (χ2v) is 11.1. The van der Waals surface area contributed by atoms with Crippen LogP contribution in [0.4, 0.5) is 21.3 Å². The summed E-state index contributed by atoms with van der Waals surface area (Å²) in [6, 6.07) is 17.6. The third-order valence-corrected chi connectivity index (χ3v) is 7.01. The molecule has 0 atom stereocenters. The summed E-state index contributed by atoms with van der Waals surface area (Å²) in [5.74, 6) is -0.336. The predicted molar refractivity (Wildman–Crippen MR) is 156 cm³/mol. The van der Waals surface area contributed by atoms with E-state index in [9.17, 15) is 9.59 Å². The van der Waals surface area contributed by atoms with E-state index in [-0.39, 0.29) is 17.7 Å². The van der Waals surface area contributed by atoms with Crippen molar-refractivity contribution in [2.75, 3.05) is 41.5 Å². The van der Waals surface area contributed by atoms with Crippen LogP contribution in [0.25, 0.3) is 11.3 Å². The maximum absolute atomic E-state index is 13.2. The molecule has 1 saturated heterocycles. The van der Waals surface area contributed by atoms with E-state index in [0.717, 1.165) is 22.6 Å². The number of hydrazone groups is 2. The van der Waals surface area contributed by atoms with Crippen molar-refractivity contribution in [3.63, 3.8) is 0 Å². The molecule has 3 aromatic rings. The summed E-state index contributed by atoms with van der Waals surface area (Å²) in [6.07, 6.45) is -0.296. The number of aromatic nitrogens is 1. The third kappa shape index (κ3) is 5.93. The lowest BCUT2D eigenvalue weighted by Crippen LogP contribution is -2.50. The average molecular weight is 546 g/mol. The van der Waals surface area contributed by atoms with Crippen LogP contribution in [0, 0.1) is 0 Å². The van der Waals surface area contributed by atoms with Crippen LogP contribution < -0.4 is 15.3 Å². The predicted octanol–water partition coefficient (Wildman–Crippen LogP) is 5.06. The summed E-state index contributed by atoms with van der Waals surface area (Å²) in [6.45, 7) is 9.75. The van der Waals surface area contributed by atoms with Crippen molar-refractivity contribution in [3.05, 3.63) is 60.0 Å². The van der Waals surface area contributed by atoms with E-state index >= 15 is 0 Å². The first-order valence-electron chi connectivity index (χ1n) is 12.8. The lowest BCUT2D eigenvalue weighted by atomic mass is 10.2. The number of piperazine rings is 1. The Hall–Kier alpha value is -4.25. The number of thiazole rings is 1. The van der Waals surface area contributed by atoms with Crippen LogP contribution in [-0.4, -0.2) is 65.1 Å². The van der Waals surface area contributed by atoms with Crippen LogP contribution in [0.3, 0.4) is 0 Å². The average Bonchev–Trinajstić information content (AvgIpc) is 3.52. The van der Waals surface area contributed by atoms with E-state index in [2.05, 4.69) is 25.5 Å². The normalized spacial score (nSPS) is 17.0. The molecule has 0 radical (unpaired) electrons. The fraction of sp³-hybridized carbons (Fsp3) is 0.321. The van der Waals surface area contributed by atoms with Gasteiger partial charge in [-0.1, -0.05) is 42.5 Å². The van der Waals surface area contributed by atoms with Gasteiger partial charge in [-0.05, 0) is 39.8 Å². The highest BCUT2D eigenvalue weighted by molar-refractivity contribution is 7.14.